The molecule has 0 atom stereocenters. The van der Waals surface area contributed by atoms with Crippen LogP contribution >= 0.6 is 11.6 Å². The molecule has 0 saturated heterocycles. The number of nitrogens with one attached hydrogen (secondary N) is 1. The number of nitrogens with zero attached hydrogens (tertiary/aromatic N) is 2. The van der Waals surface area contributed by atoms with Crippen molar-refractivity contribution < 1.29 is 21.2 Å². The van der Waals surface area contributed by atoms with E-state index in [-0.39, 0.29) is 20.6 Å². The third-order valence-corrected chi connectivity index (χ3v) is 6.28. The Labute approximate surface area is 166 Å². The van der Waals surface area contributed by atoms with Gasteiger partial charge in [0.15, 0.2) is 14.9 Å². The van der Waals surface area contributed by atoms with Gasteiger partial charge in [0.05, 0.1) is 15.6 Å². The maximum atomic E-state index is 13.3. The molecular formula is C17H13ClFN3O4S2. The molecule has 7 nitrogen and oxygen atoms in total. The molecule has 0 radical (unpaired) electrons. The largest absolute Gasteiger partial charge is 0.280 e. The first-order valence-corrected chi connectivity index (χ1v) is 11.4. The molecule has 0 aliphatic carbocycles. The Kier molecular flexibility index (Phi) is 5.37. The lowest BCUT2D eigenvalue weighted by molar-refractivity contribution is 0.595. The highest BCUT2D eigenvalue weighted by Gasteiger charge is 2.17. The second-order valence-corrected chi connectivity index (χ2v) is 9.84. The number of rotatable bonds is 5. The zero-order valence-electron chi connectivity index (χ0n) is 14.3. The van der Waals surface area contributed by atoms with Crippen LogP contribution in [0.4, 0.5) is 10.1 Å². The number of sulfonamides is 1. The zero-order valence-corrected chi connectivity index (χ0v) is 16.7. The quantitative estimate of drug-likeness (QED) is 0.652. The summed E-state index contributed by atoms with van der Waals surface area (Å²) in [4.78, 5) is -0.193. The number of halogens is 2. The molecule has 1 aromatic heterocycles. The Morgan fingerprint density at radius 2 is 1.71 bits per heavy atom. The molecular weight excluding hydrogens is 429 g/mol. The summed E-state index contributed by atoms with van der Waals surface area (Å²) in [5.74, 6) is -0.723. The third-order valence-electron chi connectivity index (χ3n) is 3.63. The maximum Gasteiger partial charge on any atom is 0.261 e. The van der Waals surface area contributed by atoms with Gasteiger partial charge in [0, 0.05) is 17.5 Å². The molecule has 1 N–H and O–H groups in total. The van der Waals surface area contributed by atoms with Gasteiger partial charge in [0.1, 0.15) is 5.82 Å². The van der Waals surface area contributed by atoms with E-state index in [1.54, 1.807) is 12.1 Å². The van der Waals surface area contributed by atoms with Crippen molar-refractivity contribution in [2.75, 3.05) is 11.0 Å². The van der Waals surface area contributed by atoms with E-state index in [0.29, 0.717) is 11.3 Å². The normalized spacial score (nSPS) is 12.0. The second-order valence-electron chi connectivity index (χ2n) is 5.79. The minimum Gasteiger partial charge on any atom is -0.280 e. The number of hydrogen-bond acceptors (Lipinski definition) is 6. The zero-order chi connectivity index (χ0) is 20.5. The van der Waals surface area contributed by atoms with Crippen LogP contribution in [0.15, 0.2) is 64.5 Å². The summed E-state index contributed by atoms with van der Waals surface area (Å²) in [5, 5.41) is 7.06. The summed E-state index contributed by atoms with van der Waals surface area (Å²) in [7, 11) is -7.47. The van der Waals surface area contributed by atoms with Crippen LogP contribution in [0.25, 0.3) is 11.3 Å². The summed E-state index contributed by atoms with van der Waals surface area (Å²) in [6.07, 6.45) is 1.02. The summed E-state index contributed by atoms with van der Waals surface area (Å²) in [6, 6.07) is 12.1. The van der Waals surface area contributed by atoms with E-state index >= 15 is 0 Å². The van der Waals surface area contributed by atoms with Gasteiger partial charge in [0.25, 0.3) is 10.0 Å². The molecule has 3 aromatic rings. The van der Waals surface area contributed by atoms with Crippen LogP contribution in [0.3, 0.4) is 0 Å². The molecule has 3 rings (SSSR count). The van der Waals surface area contributed by atoms with Crippen LogP contribution in [0, 0.1) is 5.82 Å². The summed E-state index contributed by atoms with van der Waals surface area (Å²) < 4.78 is 63.5. The van der Waals surface area contributed by atoms with Gasteiger partial charge in [-0.25, -0.2) is 21.2 Å². The highest BCUT2D eigenvalue weighted by molar-refractivity contribution is 7.92. The third kappa shape index (κ3) is 4.46. The fourth-order valence-electron chi connectivity index (χ4n) is 2.27. The van der Waals surface area contributed by atoms with Crippen LogP contribution in [0.5, 0.6) is 0 Å². The van der Waals surface area contributed by atoms with Gasteiger partial charge >= 0.3 is 0 Å². The number of hydrogen-bond donors (Lipinski definition) is 1. The van der Waals surface area contributed by atoms with Crippen LogP contribution in [0.2, 0.25) is 5.02 Å². The minimum absolute atomic E-state index is 0.165. The van der Waals surface area contributed by atoms with Gasteiger partial charge in [-0.15, -0.1) is 10.2 Å². The fourth-order valence-corrected chi connectivity index (χ4v) is 4.10. The van der Waals surface area contributed by atoms with Crippen molar-refractivity contribution >= 4 is 37.1 Å². The predicted molar refractivity (Wildman–Crippen MR) is 103 cm³/mol. The first-order chi connectivity index (χ1) is 13.1. The van der Waals surface area contributed by atoms with Crippen molar-refractivity contribution in [3.8, 4) is 11.3 Å². The molecule has 1 heterocycles. The highest BCUT2D eigenvalue weighted by atomic mass is 35.5. The van der Waals surface area contributed by atoms with Crippen LogP contribution in [0.1, 0.15) is 0 Å². The Morgan fingerprint density at radius 1 is 0.964 bits per heavy atom. The Morgan fingerprint density at radius 3 is 2.32 bits per heavy atom. The van der Waals surface area contributed by atoms with Crippen LogP contribution in [-0.2, 0) is 19.9 Å². The van der Waals surface area contributed by atoms with E-state index in [0.717, 1.165) is 24.5 Å². The smallest absolute Gasteiger partial charge is 0.261 e. The molecule has 0 aliphatic rings. The molecule has 0 unspecified atom stereocenters. The summed E-state index contributed by atoms with van der Waals surface area (Å²) in [6.45, 7) is 0. The average molecular weight is 442 g/mol. The monoisotopic (exact) mass is 441 g/mol. The van der Waals surface area contributed by atoms with Crippen molar-refractivity contribution in [1.82, 2.24) is 10.2 Å². The average Bonchev–Trinajstić information content (AvgIpc) is 2.63. The molecule has 0 spiro atoms. The van der Waals surface area contributed by atoms with Gasteiger partial charge in [-0.2, -0.15) is 0 Å². The molecule has 0 fully saturated rings. The van der Waals surface area contributed by atoms with Crippen molar-refractivity contribution in [3.63, 3.8) is 0 Å². The predicted octanol–water partition coefficient (Wildman–Crippen LogP) is 3.14. The molecule has 11 heteroatoms. The van der Waals surface area contributed by atoms with Crippen molar-refractivity contribution in [3.05, 3.63) is 65.4 Å². The SMILES string of the molecule is CS(=O)(=O)c1ccc(-c2cccc(NS(=O)(=O)c3ccc(F)c(Cl)c3)c2)nn1. The number of benzene rings is 2. The lowest BCUT2D eigenvalue weighted by atomic mass is 10.1. The molecule has 28 heavy (non-hydrogen) atoms. The minimum atomic E-state index is -3.99. The van der Waals surface area contributed by atoms with Gasteiger partial charge in [0.2, 0.25) is 0 Å². The lowest BCUT2D eigenvalue weighted by Gasteiger charge is -2.10. The molecule has 2 aromatic carbocycles. The van der Waals surface area contributed by atoms with Crippen LogP contribution < -0.4 is 4.72 Å². The molecule has 146 valence electrons. The topological polar surface area (TPSA) is 106 Å². The highest BCUT2D eigenvalue weighted by Crippen LogP contribution is 2.25. The first-order valence-electron chi connectivity index (χ1n) is 7.68. The van der Waals surface area contributed by atoms with Crippen molar-refractivity contribution in [1.29, 1.82) is 0 Å². The van der Waals surface area contributed by atoms with Crippen molar-refractivity contribution in [2.24, 2.45) is 0 Å². The molecule has 0 bridgehead atoms. The fraction of sp³-hybridized carbons (Fsp3) is 0.0588. The van der Waals surface area contributed by atoms with E-state index in [1.165, 1.54) is 24.3 Å². The number of sulfone groups is 1. The van der Waals surface area contributed by atoms with Crippen LogP contribution in [-0.4, -0.2) is 33.3 Å². The Hall–Kier alpha value is -2.56. The molecule has 0 saturated carbocycles. The second kappa shape index (κ2) is 7.46. The standard InChI is InChI=1S/C17H13ClFN3O4S2/c1-27(23,24)17-8-7-16(20-21-17)11-3-2-4-12(9-11)22-28(25,26)13-5-6-15(19)14(18)10-13/h2-10,22H,1H3. The van der Waals surface area contributed by atoms with Gasteiger partial charge in [-0.05, 0) is 42.5 Å². The van der Waals surface area contributed by atoms with Gasteiger partial charge in [-0.3, -0.25) is 4.72 Å². The molecule has 0 aliphatic heterocycles. The van der Waals surface area contributed by atoms with E-state index in [2.05, 4.69) is 14.9 Å². The van der Waals surface area contributed by atoms with E-state index in [9.17, 15) is 21.2 Å². The maximum absolute atomic E-state index is 13.3. The summed E-state index contributed by atoms with van der Waals surface area (Å²) >= 11 is 5.65. The van der Waals surface area contributed by atoms with Gasteiger partial charge < -0.3 is 0 Å². The number of anilines is 1. The lowest BCUT2D eigenvalue weighted by Crippen LogP contribution is -2.13. The van der Waals surface area contributed by atoms with Crippen molar-refractivity contribution in [2.45, 2.75) is 9.92 Å². The van der Waals surface area contributed by atoms with E-state index < -0.39 is 25.7 Å². The first kappa shape index (κ1) is 20.2. The van der Waals surface area contributed by atoms with E-state index in [4.69, 9.17) is 11.6 Å². The number of aromatic nitrogens is 2. The summed E-state index contributed by atoms with van der Waals surface area (Å²) in [5.41, 5.74) is 1.11. The molecule has 0 amide bonds. The van der Waals surface area contributed by atoms with Gasteiger partial charge in [-0.1, -0.05) is 23.7 Å². The van der Waals surface area contributed by atoms with E-state index in [1.807, 2.05) is 0 Å². The Balaban J connectivity index is 1.90. The Bertz CT molecular complexity index is 1250.